The predicted molar refractivity (Wildman–Crippen MR) is 136 cm³/mol. The van der Waals surface area contributed by atoms with Gasteiger partial charge in [0.25, 0.3) is 0 Å². The van der Waals surface area contributed by atoms with Crippen molar-refractivity contribution in [2.75, 3.05) is 52.6 Å². The molecule has 1 aliphatic heterocycles. The van der Waals surface area contributed by atoms with E-state index in [9.17, 15) is 9.00 Å². The molecule has 1 amide bonds. The maximum atomic E-state index is 12.3. The molecule has 1 heterocycles. The van der Waals surface area contributed by atoms with Crippen molar-refractivity contribution in [2.24, 2.45) is 4.99 Å². The zero-order chi connectivity index (χ0) is 21.1. The highest BCUT2D eigenvalue weighted by molar-refractivity contribution is 14.0. The first-order valence-electron chi connectivity index (χ1n) is 10.3. The topological polar surface area (TPSA) is 77.0 Å². The van der Waals surface area contributed by atoms with Crippen molar-refractivity contribution in [3.63, 3.8) is 0 Å². The third kappa shape index (κ3) is 10.2. The molecule has 0 saturated carbocycles. The number of hydrogen-bond acceptors (Lipinski definition) is 4. The van der Waals surface area contributed by atoms with Crippen LogP contribution in [0.5, 0.6) is 0 Å². The fourth-order valence-electron chi connectivity index (χ4n) is 3.17. The van der Waals surface area contributed by atoms with Gasteiger partial charge in [0.05, 0.1) is 13.1 Å². The van der Waals surface area contributed by atoms with E-state index in [0.717, 1.165) is 44.0 Å². The molecule has 7 nitrogen and oxygen atoms in total. The standard InChI is InChI=1S/C21H35N5O2S.HI/c1-4-22-21(23-12-15-29(28)17-18-8-6-5-7-9-18)24-19-10-13-26(14-11-19)16-20(27)25(2)3;/h5-9,19H,4,10-17H2,1-3H3,(H2,22,23,24);1H. The minimum absolute atomic E-state index is 0. The van der Waals surface area contributed by atoms with Crippen LogP contribution >= 0.6 is 24.0 Å². The second-order valence-corrected chi connectivity index (χ2v) is 9.09. The molecule has 2 N–H and O–H groups in total. The van der Waals surface area contributed by atoms with E-state index in [2.05, 4.69) is 20.5 Å². The number of likely N-dealkylation sites (N-methyl/N-ethyl adjacent to an activating group) is 1. The first-order valence-corrected chi connectivity index (χ1v) is 11.8. The summed E-state index contributed by atoms with van der Waals surface area (Å²) < 4.78 is 12.3. The zero-order valence-corrected chi connectivity index (χ0v) is 21.4. The highest BCUT2D eigenvalue weighted by atomic mass is 127. The molecule has 30 heavy (non-hydrogen) atoms. The molecule has 1 saturated heterocycles. The highest BCUT2D eigenvalue weighted by Gasteiger charge is 2.22. The van der Waals surface area contributed by atoms with E-state index in [1.807, 2.05) is 37.3 Å². The Morgan fingerprint density at radius 2 is 1.90 bits per heavy atom. The van der Waals surface area contributed by atoms with Crippen LogP contribution in [0, 0.1) is 0 Å². The fraction of sp³-hybridized carbons (Fsp3) is 0.619. The molecule has 1 fully saturated rings. The van der Waals surface area contributed by atoms with Crippen LogP contribution in [-0.4, -0.2) is 84.5 Å². The maximum Gasteiger partial charge on any atom is 0.236 e. The largest absolute Gasteiger partial charge is 0.357 e. The molecule has 0 bridgehead atoms. The quantitative estimate of drug-likeness (QED) is 0.279. The fourth-order valence-corrected chi connectivity index (χ4v) is 4.18. The summed E-state index contributed by atoms with van der Waals surface area (Å²) in [5, 5.41) is 6.77. The number of nitrogens with zero attached hydrogens (tertiary/aromatic N) is 3. The Bertz CT molecular complexity index is 679. The molecular formula is C21H36IN5O2S. The van der Waals surface area contributed by atoms with Gasteiger partial charge in [-0.2, -0.15) is 0 Å². The Morgan fingerprint density at radius 3 is 2.50 bits per heavy atom. The third-order valence-corrected chi connectivity index (χ3v) is 6.18. The molecule has 1 unspecified atom stereocenters. The van der Waals surface area contributed by atoms with Crippen molar-refractivity contribution >= 4 is 46.6 Å². The molecule has 0 radical (unpaired) electrons. The van der Waals surface area contributed by atoms with Gasteiger partial charge in [-0.05, 0) is 25.3 Å². The van der Waals surface area contributed by atoms with Crippen LogP contribution in [0.25, 0.3) is 0 Å². The number of benzene rings is 1. The summed E-state index contributed by atoms with van der Waals surface area (Å²) in [6, 6.07) is 10.3. The lowest BCUT2D eigenvalue weighted by molar-refractivity contribution is -0.130. The first-order chi connectivity index (χ1) is 14.0. The number of nitrogens with one attached hydrogen (secondary N) is 2. The number of rotatable bonds is 9. The molecule has 1 aliphatic rings. The van der Waals surface area contributed by atoms with Crippen LogP contribution in [0.15, 0.2) is 35.3 Å². The third-order valence-electron chi connectivity index (χ3n) is 4.89. The molecule has 0 spiro atoms. The summed E-state index contributed by atoms with van der Waals surface area (Å²) in [7, 11) is 2.67. The van der Waals surface area contributed by atoms with Gasteiger partial charge in [0, 0.05) is 62.1 Å². The van der Waals surface area contributed by atoms with Gasteiger partial charge < -0.3 is 15.5 Å². The summed E-state index contributed by atoms with van der Waals surface area (Å²) in [6.45, 7) is 5.65. The minimum atomic E-state index is -0.918. The molecule has 0 aromatic heterocycles. The number of guanidine groups is 1. The molecule has 2 rings (SSSR count). The first kappa shape index (κ1) is 26.8. The van der Waals surface area contributed by atoms with E-state index in [-0.39, 0.29) is 29.9 Å². The SMILES string of the molecule is CCNC(=NCCS(=O)Cc1ccccc1)NC1CCN(CC(=O)N(C)C)CC1.I. The van der Waals surface area contributed by atoms with Crippen molar-refractivity contribution in [2.45, 2.75) is 31.6 Å². The van der Waals surface area contributed by atoms with Gasteiger partial charge in [-0.3, -0.25) is 18.9 Å². The van der Waals surface area contributed by atoms with Crippen LogP contribution in [0.1, 0.15) is 25.3 Å². The van der Waals surface area contributed by atoms with Gasteiger partial charge in [-0.25, -0.2) is 0 Å². The van der Waals surface area contributed by atoms with Crippen LogP contribution in [0.3, 0.4) is 0 Å². The van der Waals surface area contributed by atoms with Crippen molar-refractivity contribution in [3.05, 3.63) is 35.9 Å². The van der Waals surface area contributed by atoms with E-state index < -0.39 is 10.8 Å². The Hall–Kier alpha value is -1.20. The van der Waals surface area contributed by atoms with Gasteiger partial charge in [0.2, 0.25) is 5.91 Å². The van der Waals surface area contributed by atoms with Crippen molar-refractivity contribution in [1.29, 1.82) is 0 Å². The molecule has 1 aromatic carbocycles. The zero-order valence-electron chi connectivity index (χ0n) is 18.3. The summed E-state index contributed by atoms with van der Waals surface area (Å²) in [6.07, 6.45) is 1.95. The van der Waals surface area contributed by atoms with Crippen LogP contribution in [-0.2, 0) is 21.3 Å². The van der Waals surface area contributed by atoms with Crippen molar-refractivity contribution in [3.8, 4) is 0 Å². The molecule has 1 atom stereocenters. The number of piperidine rings is 1. The van der Waals surface area contributed by atoms with Crippen LogP contribution < -0.4 is 10.6 Å². The van der Waals surface area contributed by atoms with Gasteiger partial charge in [-0.1, -0.05) is 30.3 Å². The van der Waals surface area contributed by atoms with Gasteiger partial charge in [0.1, 0.15) is 0 Å². The van der Waals surface area contributed by atoms with E-state index in [0.29, 0.717) is 30.6 Å². The highest BCUT2D eigenvalue weighted by Crippen LogP contribution is 2.10. The monoisotopic (exact) mass is 549 g/mol. The van der Waals surface area contributed by atoms with Gasteiger partial charge in [-0.15, -0.1) is 24.0 Å². The van der Waals surface area contributed by atoms with Crippen LogP contribution in [0.4, 0.5) is 0 Å². The number of halogens is 1. The van der Waals surface area contributed by atoms with E-state index in [1.54, 1.807) is 19.0 Å². The lowest BCUT2D eigenvalue weighted by Crippen LogP contribution is -2.50. The number of aliphatic imine (C=N–C) groups is 1. The average molecular weight is 550 g/mol. The number of carbonyl (C=O) groups is 1. The molecule has 170 valence electrons. The average Bonchev–Trinajstić information content (AvgIpc) is 2.70. The Labute approximate surface area is 200 Å². The van der Waals surface area contributed by atoms with Crippen molar-refractivity contribution in [1.82, 2.24) is 20.4 Å². The Kier molecular flexibility index (Phi) is 13.2. The number of amides is 1. The smallest absolute Gasteiger partial charge is 0.236 e. The lowest BCUT2D eigenvalue weighted by atomic mass is 10.1. The van der Waals surface area contributed by atoms with E-state index in [1.165, 1.54) is 0 Å². The van der Waals surface area contributed by atoms with Gasteiger partial charge >= 0.3 is 0 Å². The Balaban J connectivity index is 0.00000450. The van der Waals surface area contributed by atoms with Crippen LogP contribution in [0.2, 0.25) is 0 Å². The predicted octanol–water partition coefficient (Wildman–Crippen LogP) is 1.66. The molecule has 0 aliphatic carbocycles. The number of hydrogen-bond donors (Lipinski definition) is 2. The molecule has 1 aromatic rings. The summed E-state index contributed by atoms with van der Waals surface area (Å²) in [5.41, 5.74) is 1.10. The number of likely N-dealkylation sites (tertiary alicyclic amines) is 1. The summed E-state index contributed by atoms with van der Waals surface area (Å²) >= 11 is 0. The summed E-state index contributed by atoms with van der Waals surface area (Å²) in [5.74, 6) is 2.06. The van der Waals surface area contributed by atoms with E-state index in [4.69, 9.17) is 0 Å². The Morgan fingerprint density at radius 1 is 1.23 bits per heavy atom. The summed E-state index contributed by atoms with van der Waals surface area (Å²) in [4.78, 5) is 20.3. The normalized spacial score (nSPS) is 16.4. The molecular weight excluding hydrogens is 513 g/mol. The lowest BCUT2D eigenvalue weighted by Gasteiger charge is -2.33. The maximum absolute atomic E-state index is 12.3. The molecule has 9 heteroatoms. The van der Waals surface area contributed by atoms with E-state index >= 15 is 0 Å². The number of carbonyl (C=O) groups excluding carboxylic acids is 1. The second kappa shape index (κ2) is 14.7. The second-order valence-electron chi connectivity index (χ2n) is 7.52. The van der Waals surface area contributed by atoms with Gasteiger partial charge in [0.15, 0.2) is 5.96 Å². The van der Waals surface area contributed by atoms with Crippen molar-refractivity contribution < 1.29 is 9.00 Å². The minimum Gasteiger partial charge on any atom is -0.357 e.